The molecule has 1 fully saturated rings. The molecule has 0 radical (unpaired) electrons. The van der Waals surface area contributed by atoms with Crippen molar-refractivity contribution in [3.63, 3.8) is 0 Å². The van der Waals surface area contributed by atoms with Crippen molar-refractivity contribution in [3.8, 4) is 11.5 Å². The van der Waals surface area contributed by atoms with E-state index in [1.807, 2.05) is 19.1 Å². The Kier molecular flexibility index (Phi) is 2.96. The molecular weight excluding hydrogens is 220 g/mol. The Hall–Kier alpha value is -1.71. The van der Waals surface area contributed by atoms with Gasteiger partial charge >= 0.3 is 5.97 Å². The lowest BCUT2D eigenvalue weighted by molar-refractivity contribution is -0.140. The Bertz CT molecular complexity index is 435. The van der Waals surface area contributed by atoms with Crippen molar-refractivity contribution in [2.24, 2.45) is 0 Å². The molecule has 0 bridgehead atoms. The molecule has 0 aliphatic heterocycles. The second-order valence-corrected chi connectivity index (χ2v) is 4.16. The minimum absolute atomic E-state index is 0.528. The van der Waals surface area contributed by atoms with Gasteiger partial charge in [0.25, 0.3) is 0 Å². The highest BCUT2D eigenvalue weighted by molar-refractivity contribution is 5.86. The molecule has 4 nitrogen and oxygen atoms in total. The van der Waals surface area contributed by atoms with E-state index in [-0.39, 0.29) is 0 Å². The zero-order valence-electron chi connectivity index (χ0n) is 10.0. The third-order valence-corrected chi connectivity index (χ3v) is 3.16. The highest BCUT2D eigenvalue weighted by Gasteiger charge is 2.53. The summed E-state index contributed by atoms with van der Waals surface area (Å²) >= 11 is 0. The molecule has 4 heteroatoms. The molecule has 0 aromatic heterocycles. The van der Waals surface area contributed by atoms with Crippen LogP contribution in [-0.2, 0) is 10.2 Å². The molecule has 92 valence electrons. The van der Waals surface area contributed by atoms with Gasteiger partial charge in [0.2, 0.25) is 0 Å². The molecule has 1 N–H and O–H groups in total. The lowest BCUT2D eigenvalue weighted by atomic mass is 9.95. The third-order valence-electron chi connectivity index (χ3n) is 3.16. The molecule has 1 aliphatic rings. The fourth-order valence-electron chi connectivity index (χ4n) is 2.10. The summed E-state index contributed by atoms with van der Waals surface area (Å²) in [6, 6.07) is 5.41. The molecule has 2 rings (SSSR count). The lowest BCUT2D eigenvalue weighted by Gasteiger charge is -2.17. The fraction of sp³-hybridized carbons (Fsp3) is 0.462. The Morgan fingerprint density at radius 3 is 2.65 bits per heavy atom. The van der Waals surface area contributed by atoms with E-state index >= 15 is 0 Å². The maximum atomic E-state index is 11.3. The third kappa shape index (κ3) is 1.84. The van der Waals surface area contributed by atoms with Crippen molar-refractivity contribution in [1.82, 2.24) is 0 Å². The summed E-state index contributed by atoms with van der Waals surface area (Å²) < 4.78 is 10.8. The van der Waals surface area contributed by atoms with Crippen LogP contribution >= 0.6 is 0 Å². The zero-order chi connectivity index (χ0) is 12.5. The number of ether oxygens (including phenoxy) is 2. The van der Waals surface area contributed by atoms with Crippen molar-refractivity contribution < 1.29 is 19.4 Å². The standard InChI is InChI=1S/C13H16O4/c1-3-17-10-6-4-5-9(11(10)16-2)13(7-8-13)12(14)15/h4-6H,3,7-8H2,1-2H3,(H,14,15). The predicted octanol–water partition coefficient (Wildman–Crippen LogP) is 2.21. The average molecular weight is 236 g/mol. The first-order valence-electron chi connectivity index (χ1n) is 5.69. The van der Waals surface area contributed by atoms with Crippen molar-refractivity contribution in [3.05, 3.63) is 23.8 Å². The molecular formula is C13H16O4. The topological polar surface area (TPSA) is 55.8 Å². The van der Waals surface area contributed by atoms with Crippen LogP contribution in [0.5, 0.6) is 11.5 Å². The van der Waals surface area contributed by atoms with Gasteiger partial charge in [-0.1, -0.05) is 12.1 Å². The van der Waals surface area contributed by atoms with Gasteiger partial charge in [-0.15, -0.1) is 0 Å². The Morgan fingerprint density at radius 1 is 1.47 bits per heavy atom. The first-order valence-corrected chi connectivity index (χ1v) is 5.69. The molecule has 1 aromatic rings. The first-order chi connectivity index (χ1) is 8.15. The van der Waals surface area contributed by atoms with Crippen LogP contribution in [-0.4, -0.2) is 24.8 Å². The molecule has 0 spiro atoms. The predicted molar refractivity (Wildman–Crippen MR) is 62.7 cm³/mol. The SMILES string of the molecule is CCOc1cccc(C2(C(=O)O)CC2)c1OC. The number of carbonyl (C=O) groups is 1. The highest BCUT2D eigenvalue weighted by atomic mass is 16.5. The van der Waals surface area contributed by atoms with Crippen LogP contribution in [0.3, 0.4) is 0 Å². The number of rotatable bonds is 5. The minimum Gasteiger partial charge on any atom is -0.493 e. The summed E-state index contributed by atoms with van der Waals surface area (Å²) in [5.74, 6) is 0.374. The summed E-state index contributed by atoms with van der Waals surface area (Å²) in [4.78, 5) is 11.3. The Labute approximate surface area is 100 Å². The van der Waals surface area contributed by atoms with Crippen LogP contribution in [0.25, 0.3) is 0 Å². The molecule has 0 saturated heterocycles. The summed E-state index contributed by atoms with van der Waals surface area (Å²) in [5.41, 5.74) is -0.0446. The van der Waals surface area contributed by atoms with Crippen LogP contribution in [0.1, 0.15) is 25.3 Å². The maximum absolute atomic E-state index is 11.3. The number of para-hydroxylation sites is 1. The normalized spacial score (nSPS) is 16.4. The van der Waals surface area contributed by atoms with Gasteiger partial charge in [0, 0.05) is 5.56 Å². The molecule has 1 saturated carbocycles. The van der Waals surface area contributed by atoms with E-state index in [4.69, 9.17) is 9.47 Å². The lowest BCUT2D eigenvalue weighted by Crippen LogP contribution is -2.20. The second-order valence-electron chi connectivity index (χ2n) is 4.16. The molecule has 0 atom stereocenters. The van der Waals surface area contributed by atoms with Crippen molar-refractivity contribution in [2.45, 2.75) is 25.2 Å². The molecule has 1 aromatic carbocycles. The van der Waals surface area contributed by atoms with E-state index < -0.39 is 11.4 Å². The van der Waals surface area contributed by atoms with Gasteiger partial charge in [0.15, 0.2) is 11.5 Å². The number of benzene rings is 1. The molecule has 1 aliphatic carbocycles. The van der Waals surface area contributed by atoms with Gasteiger partial charge in [-0.2, -0.15) is 0 Å². The van der Waals surface area contributed by atoms with E-state index in [2.05, 4.69) is 0 Å². The summed E-state index contributed by atoms with van der Waals surface area (Å²) in [7, 11) is 1.54. The van der Waals surface area contributed by atoms with Gasteiger partial charge in [-0.3, -0.25) is 4.79 Å². The number of methoxy groups -OCH3 is 1. The van der Waals surface area contributed by atoms with Crippen molar-refractivity contribution in [2.75, 3.05) is 13.7 Å². The van der Waals surface area contributed by atoms with Gasteiger partial charge in [-0.05, 0) is 25.8 Å². The Balaban J connectivity index is 2.47. The number of hydrogen-bond acceptors (Lipinski definition) is 3. The Morgan fingerprint density at radius 2 is 2.18 bits per heavy atom. The first kappa shape index (κ1) is 11.8. The van der Waals surface area contributed by atoms with Gasteiger partial charge < -0.3 is 14.6 Å². The monoisotopic (exact) mass is 236 g/mol. The quantitative estimate of drug-likeness (QED) is 0.851. The largest absolute Gasteiger partial charge is 0.493 e. The number of carboxylic acid groups (broad SMARTS) is 1. The molecule has 17 heavy (non-hydrogen) atoms. The average Bonchev–Trinajstić information content (AvgIpc) is 3.10. The van der Waals surface area contributed by atoms with Gasteiger partial charge in [-0.25, -0.2) is 0 Å². The molecule has 0 unspecified atom stereocenters. The minimum atomic E-state index is -0.788. The summed E-state index contributed by atoms with van der Waals surface area (Å²) in [6.45, 7) is 2.41. The van der Waals surface area contributed by atoms with Crippen LogP contribution < -0.4 is 9.47 Å². The van der Waals surface area contributed by atoms with Crippen LogP contribution in [0.15, 0.2) is 18.2 Å². The van der Waals surface area contributed by atoms with E-state index in [0.29, 0.717) is 30.9 Å². The van der Waals surface area contributed by atoms with Crippen molar-refractivity contribution in [1.29, 1.82) is 0 Å². The van der Waals surface area contributed by atoms with E-state index in [0.717, 1.165) is 5.56 Å². The number of carboxylic acids is 1. The maximum Gasteiger partial charge on any atom is 0.314 e. The number of aliphatic carboxylic acids is 1. The highest BCUT2D eigenvalue weighted by Crippen LogP contribution is 2.53. The zero-order valence-corrected chi connectivity index (χ0v) is 10.0. The molecule has 0 amide bonds. The summed E-state index contributed by atoms with van der Waals surface area (Å²) in [6.07, 6.45) is 1.32. The molecule has 0 heterocycles. The van der Waals surface area contributed by atoms with E-state index in [9.17, 15) is 9.90 Å². The van der Waals surface area contributed by atoms with Crippen LogP contribution in [0.4, 0.5) is 0 Å². The van der Waals surface area contributed by atoms with Crippen LogP contribution in [0.2, 0.25) is 0 Å². The van der Waals surface area contributed by atoms with Crippen LogP contribution in [0, 0.1) is 0 Å². The fourth-order valence-corrected chi connectivity index (χ4v) is 2.10. The van der Waals surface area contributed by atoms with Gasteiger partial charge in [0.05, 0.1) is 19.1 Å². The van der Waals surface area contributed by atoms with Crippen molar-refractivity contribution >= 4 is 5.97 Å². The second kappa shape index (κ2) is 4.28. The van der Waals surface area contributed by atoms with Gasteiger partial charge in [0.1, 0.15) is 0 Å². The smallest absolute Gasteiger partial charge is 0.314 e. The number of hydrogen-bond donors (Lipinski definition) is 1. The summed E-state index contributed by atoms with van der Waals surface area (Å²) in [5, 5.41) is 9.30. The van der Waals surface area contributed by atoms with E-state index in [1.165, 1.54) is 0 Å². The van der Waals surface area contributed by atoms with E-state index in [1.54, 1.807) is 13.2 Å².